The number of carbonyl (C=O) groups is 1. The number of ether oxygens (including phenoxy) is 1. The van der Waals surface area contributed by atoms with Crippen LogP contribution in [-0.2, 0) is 14.8 Å². The first-order valence-electron chi connectivity index (χ1n) is 9.52. The number of hydrogen-bond donors (Lipinski definition) is 2. The number of rotatable bonds is 5. The van der Waals surface area contributed by atoms with Crippen LogP contribution in [0.25, 0.3) is 0 Å². The second kappa shape index (κ2) is 8.14. The lowest BCUT2D eigenvalue weighted by Gasteiger charge is -2.26. The number of morpholine rings is 1. The summed E-state index contributed by atoms with van der Waals surface area (Å²) in [6.07, 6.45) is 1.62. The molecule has 1 amide bonds. The van der Waals surface area contributed by atoms with E-state index in [0.717, 1.165) is 5.69 Å². The van der Waals surface area contributed by atoms with Crippen molar-refractivity contribution in [2.45, 2.75) is 29.5 Å². The summed E-state index contributed by atoms with van der Waals surface area (Å²) in [5.41, 5.74) is 0.853. The first kappa shape index (κ1) is 21.0. The van der Waals surface area contributed by atoms with Crippen LogP contribution in [0.1, 0.15) is 24.8 Å². The fraction of sp³-hybridized carbons (Fsp3) is 0.421. The maximum atomic E-state index is 12.9. The quantitative estimate of drug-likeness (QED) is 0.716. The largest absolute Gasteiger partial charge is 0.379 e. The zero-order valence-corrected chi connectivity index (χ0v) is 18.3. The number of hydrogen-bond acceptors (Lipinski definition) is 8. The van der Waals surface area contributed by atoms with E-state index in [0.29, 0.717) is 37.9 Å². The number of nitrogens with one attached hydrogen (secondary N) is 2. The monoisotopic (exact) mass is 449 g/mol. The third kappa shape index (κ3) is 4.29. The smallest absolute Gasteiger partial charge is 0.280 e. The Labute approximate surface area is 179 Å². The number of carbonyl (C=O) groups excluding carboxylic acids is 1. The van der Waals surface area contributed by atoms with Crippen LogP contribution in [0.5, 0.6) is 0 Å². The maximum Gasteiger partial charge on any atom is 0.280 e. The molecular weight excluding hydrogens is 426 g/mol. The summed E-state index contributed by atoms with van der Waals surface area (Å²) in [5, 5.41) is 5.77. The van der Waals surface area contributed by atoms with Crippen molar-refractivity contribution in [1.29, 1.82) is 0 Å². The van der Waals surface area contributed by atoms with Crippen LogP contribution in [0.4, 0.5) is 16.4 Å². The molecule has 1 atom stereocenters. The Morgan fingerprint density at radius 1 is 1.27 bits per heavy atom. The predicted octanol–water partition coefficient (Wildman–Crippen LogP) is 2.52. The molecule has 2 aliphatic heterocycles. The number of amides is 1. The van der Waals surface area contributed by atoms with E-state index in [1.807, 2.05) is 13.8 Å². The van der Waals surface area contributed by atoms with Gasteiger partial charge in [0.2, 0.25) is 16.0 Å². The van der Waals surface area contributed by atoms with Gasteiger partial charge in [-0.25, -0.2) is 18.4 Å². The molecule has 0 saturated carbocycles. The number of thioether (sulfide) groups is 1. The summed E-state index contributed by atoms with van der Waals surface area (Å²) in [4.78, 5) is 20.8. The molecule has 2 N–H and O–H groups in total. The second-order valence-corrected chi connectivity index (χ2v) is 10.6. The number of sulfonamides is 1. The molecule has 0 spiro atoms. The van der Waals surface area contributed by atoms with Gasteiger partial charge in [-0.2, -0.15) is 4.31 Å². The molecule has 0 radical (unpaired) electrons. The van der Waals surface area contributed by atoms with Gasteiger partial charge in [0.15, 0.2) is 0 Å². The van der Waals surface area contributed by atoms with E-state index in [2.05, 4.69) is 20.6 Å². The van der Waals surface area contributed by atoms with E-state index in [-0.39, 0.29) is 15.4 Å². The van der Waals surface area contributed by atoms with Gasteiger partial charge in [0.05, 0.1) is 34.6 Å². The Kier molecular flexibility index (Phi) is 5.71. The molecule has 1 aromatic heterocycles. The fourth-order valence-corrected chi connectivity index (χ4v) is 6.02. The summed E-state index contributed by atoms with van der Waals surface area (Å²) >= 11 is 1.20. The van der Waals surface area contributed by atoms with Gasteiger partial charge >= 0.3 is 0 Å². The lowest BCUT2D eigenvalue weighted by atomic mass is 9.98. The predicted molar refractivity (Wildman–Crippen MR) is 114 cm³/mol. The lowest BCUT2D eigenvalue weighted by molar-refractivity contribution is 0.0730. The minimum Gasteiger partial charge on any atom is -0.379 e. The summed E-state index contributed by atoms with van der Waals surface area (Å²) in [6, 6.07) is 8.36. The van der Waals surface area contributed by atoms with Gasteiger partial charge in [-0.1, -0.05) is 17.8 Å². The second-order valence-electron chi connectivity index (χ2n) is 7.61. The van der Waals surface area contributed by atoms with Crippen LogP contribution in [0.2, 0.25) is 0 Å². The van der Waals surface area contributed by atoms with Crippen LogP contribution in [0.3, 0.4) is 0 Å². The van der Waals surface area contributed by atoms with E-state index in [1.165, 1.54) is 16.1 Å². The Morgan fingerprint density at radius 2 is 2.03 bits per heavy atom. The zero-order valence-electron chi connectivity index (χ0n) is 16.7. The van der Waals surface area contributed by atoms with Crippen molar-refractivity contribution in [2.24, 2.45) is 0 Å². The Bertz CT molecular complexity index is 1050. The minimum atomic E-state index is -3.60. The highest BCUT2D eigenvalue weighted by Crippen LogP contribution is 2.43. The molecular formula is C19H23N5O4S2. The van der Waals surface area contributed by atoms with Gasteiger partial charge in [-0.05, 0) is 38.1 Å². The molecule has 2 aliphatic rings. The molecule has 4 rings (SSSR count). The molecule has 160 valence electrons. The molecule has 0 aliphatic carbocycles. The SMILES string of the molecule is CC1(C)NC(=O)SC1c1ccnc(Nc2cccc(S(=O)(=O)N3CCOCC3)c2)n1. The average molecular weight is 450 g/mol. The third-order valence-corrected chi connectivity index (χ3v) is 8.23. The first-order chi connectivity index (χ1) is 14.3. The third-order valence-electron chi connectivity index (χ3n) is 4.95. The minimum absolute atomic E-state index is 0.0841. The van der Waals surface area contributed by atoms with E-state index in [1.54, 1.807) is 36.5 Å². The van der Waals surface area contributed by atoms with E-state index >= 15 is 0 Å². The van der Waals surface area contributed by atoms with Gasteiger partial charge < -0.3 is 15.4 Å². The van der Waals surface area contributed by atoms with Crippen LogP contribution < -0.4 is 10.6 Å². The van der Waals surface area contributed by atoms with Crippen molar-refractivity contribution in [3.05, 3.63) is 42.2 Å². The molecule has 1 aromatic carbocycles. The van der Waals surface area contributed by atoms with Gasteiger partial charge in [-0.3, -0.25) is 4.79 Å². The van der Waals surface area contributed by atoms with Crippen molar-refractivity contribution in [1.82, 2.24) is 19.6 Å². The Morgan fingerprint density at radius 3 is 2.73 bits per heavy atom. The average Bonchev–Trinajstić information content (AvgIpc) is 3.01. The molecule has 2 saturated heterocycles. The fourth-order valence-electron chi connectivity index (χ4n) is 3.42. The van der Waals surface area contributed by atoms with Crippen molar-refractivity contribution >= 4 is 38.7 Å². The topological polar surface area (TPSA) is 114 Å². The molecule has 0 bridgehead atoms. The van der Waals surface area contributed by atoms with Gasteiger partial charge in [-0.15, -0.1) is 0 Å². The van der Waals surface area contributed by atoms with Crippen LogP contribution >= 0.6 is 11.8 Å². The molecule has 30 heavy (non-hydrogen) atoms. The summed E-state index contributed by atoms with van der Waals surface area (Å²) in [7, 11) is -3.60. The van der Waals surface area contributed by atoms with Crippen LogP contribution in [0, 0.1) is 0 Å². The number of aromatic nitrogens is 2. The highest BCUT2D eigenvalue weighted by molar-refractivity contribution is 8.14. The number of anilines is 2. The molecule has 1 unspecified atom stereocenters. The van der Waals surface area contributed by atoms with Crippen molar-refractivity contribution in [3.63, 3.8) is 0 Å². The Balaban J connectivity index is 1.56. The van der Waals surface area contributed by atoms with Crippen molar-refractivity contribution in [3.8, 4) is 0 Å². The summed E-state index contributed by atoms with van der Waals surface area (Å²) in [5.74, 6) is 0.337. The van der Waals surface area contributed by atoms with Gasteiger partial charge in [0, 0.05) is 25.0 Å². The normalized spacial score (nSPS) is 21.9. The summed E-state index contributed by atoms with van der Waals surface area (Å²) in [6.45, 7) is 5.37. The van der Waals surface area contributed by atoms with E-state index in [9.17, 15) is 13.2 Å². The van der Waals surface area contributed by atoms with E-state index in [4.69, 9.17) is 4.74 Å². The van der Waals surface area contributed by atoms with Crippen LogP contribution in [-0.4, -0.2) is 59.8 Å². The standard InChI is InChI=1S/C19H23N5O4S2/c1-19(2)16(29-18(25)23-19)15-6-7-20-17(22-15)21-13-4-3-5-14(12-13)30(26,27)24-8-10-28-11-9-24/h3-7,12,16H,8-11H2,1-2H3,(H,23,25)(H,20,21,22). The van der Waals surface area contributed by atoms with Crippen molar-refractivity contribution in [2.75, 3.05) is 31.6 Å². The van der Waals surface area contributed by atoms with Gasteiger partial charge in [0.25, 0.3) is 5.24 Å². The summed E-state index contributed by atoms with van der Waals surface area (Å²) < 4.78 is 32.5. The van der Waals surface area contributed by atoms with Crippen molar-refractivity contribution < 1.29 is 17.9 Å². The highest BCUT2D eigenvalue weighted by Gasteiger charge is 2.42. The van der Waals surface area contributed by atoms with Gasteiger partial charge in [0.1, 0.15) is 0 Å². The lowest BCUT2D eigenvalue weighted by Crippen LogP contribution is -2.40. The highest BCUT2D eigenvalue weighted by atomic mass is 32.2. The Hall–Kier alpha value is -2.21. The van der Waals surface area contributed by atoms with Crippen LogP contribution in [0.15, 0.2) is 41.4 Å². The molecule has 9 nitrogen and oxygen atoms in total. The molecule has 11 heteroatoms. The molecule has 2 aromatic rings. The number of benzene rings is 1. The number of nitrogens with zero attached hydrogens (tertiary/aromatic N) is 3. The molecule has 3 heterocycles. The molecule has 2 fully saturated rings. The first-order valence-corrected chi connectivity index (χ1v) is 11.8. The van der Waals surface area contributed by atoms with E-state index < -0.39 is 15.6 Å². The zero-order chi connectivity index (χ0) is 21.4. The maximum absolute atomic E-state index is 12.9.